The Hall–Kier alpha value is -3.55. The number of aryl methyl sites for hydroxylation is 1. The second-order valence-corrected chi connectivity index (χ2v) is 12.1. The topological polar surface area (TPSA) is 175 Å². The molecule has 13 nitrogen and oxygen atoms in total. The summed E-state index contributed by atoms with van der Waals surface area (Å²) in [5, 5.41) is 10.5. The van der Waals surface area contributed by atoms with Gasteiger partial charge in [0.05, 0.1) is 37.5 Å². The largest absolute Gasteiger partial charge is 0.469 e. The van der Waals surface area contributed by atoms with Crippen LogP contribution >= 0.6 is 0 Å². The maximum absolute atomic E-state index is 11.0. The maximum Gasteiger partial charge on any atom is 0.305 e. The number of rotatable bonds is 25. The molecule has 3 atom stereocenters. The molecule has 0 radical (unpaired) electrons. The lowest BCUT2D eigenvalue weighted by Crippen LogP contribution is -2.15. The van der Waals surface area contributed by atoms with Crippen LogP contribution in [-0.4, -0.2) is 88.1 Å². The summed E-state index contributed by atoms with van der Waals surface area (Å²) in [7, 11) is 7.63. The van der Waals surface area contributed by atoms with Gasteiger partial charge in [0, 0.05) is 65.6 Å². The number of methoxy groups -OCH3 is 5. The third kappa shape index (κ3) is 43.2. The van der Waals surface area contributed by atoms with E-state index in [1.165, 1.54) is 33.3 Å². The van der Waals surface area contributed by atoms with Crippen molar-refractivity contribution in [2.45, 2.75) is 180 Å². The van der Waals surface area contributed by atoms with Gasteiger partial charge in [0.1, 0.15) is 17.3 Å². The van der Waals surface area contributed by atoms with Gasteiger partial charge in [-0.3, -0.25) is 34.1 Å². The van der Waals surface area contributed by atoms with E-state index < -0.39 is 4.92 Å². The summed E-state index contributed by atoms with van der Waals surface area (Å²) < 4.78 is 24.7. The third-order valence-corrected chi connectivity index (χ3v) is 7.72. The third-order valence-electron chi connectivity index (χ3n) is 7.72. The number of Topliss-reactive ketones (excluding diaryl/α,β-unsaturated/α-hetero) is 3. The Labute approximate surface area is 342 Å². The second-order valence-electron chi connectivity index (χ2n) is 12.1. The fourth-order valence-electron chi connectivity index (χ4n) is 4.82. The zero-order valence-corrected chi connectivity index (χ0v) is 31.5. The van der Waals surface area contributed by atoms with E-state index in [-0.39, 0.29) is 97.8 Å². The molecule has 0 bridgehead atoms. The summed E-state index contributed by atoms with van der Waals surface area (Å²) in [6, 6.07) is 6.45. The number of benzene rings is 1. The van der Waals surface area contributed by atoms with Crippen molar-refractivity contribution in [1.82, 2.24) is 0 Å². The van der Waals surface area contributed by atoms with Crippen molar-refractivity contribution >= 4 is 35.0 Å². The number of carbonyl (C=O) groups excluding carboxylic acids is 5. The van der Waals surface area contributed by atoms with Crippen LogP contribution in [0.4, 0.5) is 5.69 Å². The molecule has 0 fully saturated rings. The highest BCUT2D eigenvalue weighted by atomic mass is 16.6. The molecule has 56 heavy (non-hydrogen) atoms. The quantitative estimate of drug-likeness (QED) is 0.0396. The van der Waals surface area contributed by atoms with Crippen LogP contribution in [0.15, 0.2) is 24.3 Å². The predicted octanol–water partition coefficient (Wildman–Crippen LogP) is 10.5. The number of ether oxygens (including phenoxy) is 5. The van der Waals surface area contributed by atoms with Gasteiger partial charge in [-0.25, -0.2) is 0 Å². The summed E-state index contributed by atoms with van der Waals surface area (Å²) in [6.07, 6.45) is 11.1. The van der Waals surface area contributed by atoms with Crippen LogP contribution < -0.4 is 0 Å². The number of ketones is 3. The van der Waals surface area contributed by atoms with E-state index in [4.69, 9.17) is 14.2 Å². The van der Waals surface area contributed by atoms with Crippen LogP contribution in [0.25, 0.3) is 0 Å². The van der Waals surface area contributed by atoms with E-state index in [0.29, 0.717) is 32.1 Å². The summed E-state index contributed by atoms with van der Waals surface area (Å²) in [5.41, 5.74) is 1.09. The molecule has 1 rings (SSSR count). The fraction of sp³-hybridized carbons (Fsp3) is 0.744. The molecule has 0 saturated heterocycles. The lowest BCUT2D eigenvalue weighted by atomic mass is 10.0. The Morgan fingerprint density at radius 1 is 0.536 bits per heavy atom. The minimum Gasteiger partial charge on any atom is -0.469 e. The molecule has 0 saturated carbocycles. The average molecular weight is 808 g/mol. The van der Waals surface area contributed by atoms with Crippen LogP contribution in [0.2, 0.25) is 0 Å². The molecule has 1 aromatic carbocycles. The lowest BCUT2D eigenvalue weighted by molar-refractivity contribution is -0.384. The molecule has 0 amide bonds. The number of carbonyl (C=O) groups is 5. The van der Waals surface area contributed by atoms with E-state index in [2.05, 4.69) is 9.47 Å². The highest BCUT2D eigenvalue weighted by molar-refractivity contribution is 5.76. The van der Waals surface area contributed by atoms with Crippen molar-refractivity contribution in [2.75, 3.05) is 35.5 Å². The summed E-state index contributed by atoms with van der Waals surface area (Å²) in [5.74, 6) is 0.0785. The van der Waals surface area contributed by atoms with E-state index in [1.54, 1.807) is 47.3 Å². The fourth-order valence-corrected chi connectivity index (χ4v) is 4.82. The Morgan fingerprint density at radius 2 is 0.857 bits per heavy atom. The smallest absolute Gasteiger partial charge is 0.305 e. The molecular weight excluding hydrogens is 722 g/mol. The Balaban J connectivity index is -0.0000000980. The number of nitrogens with zero attached hydrogens (tertiary/aromatic N) is 1. The predicted molar refractivity (Wildman–Crippen MR) is 230 cm³/mol. The first-order valence-electron chi connectivity index (χ1n) is 17.2. The number of nitro benzene ring substituents is 1. The van der Waals surface area contributed by atoms with Gasteiger partial charge < -0.3 is 23.7 Å². The standard InChI is InChI=1S/C13H17NO4.C13H24O4.C11H20O4.6CH4/c1-10(15)9-13(18-2)8-5-11-3-6-12(7-4-11)14(16)17;1-11(14)10-12(16-2)8-6-4-5-7-9-13(15)17-3;1-9(12)8-10(14-2)6-4-5-7-11(13)15-3;;;;;;/h3-4,6-7,13H,5,8-9H2,1-2H3;12H,4-10H2,1-3H3;10H,4-8H2,1-3H3;6*1H4. The van der Waals surface area contributed by atoms with Crippen molar-refractivity contribution in [3.05, 3.63) is 39.9 Å². The van der Waals surface area contributed by atoms with E-state index in [9.17, 15) is 34.1 Å². The van der Waals surface area contributed by atoms with Gasteiger partial charge >= 0.3 is 11.9 Å². The number of unbranched alkanes of at least 4 members (excludes halogenated alkanes) is 4. The normalized spacial score (nSPS) is 10.9. The van der Waals surface area contributed by atoms with Crippen LogP contribution in [0, 0.1) is 10.1 Å². The van der Waals surface area contributed by atoms with Crippen LogP contribution in [0.3, 0.4) is 0 Å². The van der Waals surface area contributed by atoms with Crippen molar-refractivity contribution < 1.29 is 52.6 Å². The minimum atomic E-state index is -0.419. The average Bonchev–Trinajstić information content (AvgIpc) is 3.08. The van der Waals surface area contributed by atoms with Gasteiger partial charge in [0.25, 0.3) is 5.69 Å². The molecule has 13 heteroatoms. The number of esters is 2. The number of hydrogen-bond acceptors (Lipinski definition) is 12. The molecule has 1 aromatic rings. The lowest BCUT2D eigenvalue weighted by Gasteiger charge is -2.13. The molecule has 334 valence electrons. The van der Waals surface area contributed by atoms with Gasteiger partial charge in [-0.05, 0) is 64.9 Å². The number of nitro groups is 1. The van der Waals surface area contributed by atoms with Crippen molar-refractivity contribution in [2.24, 2.45) is 0 Å². The number of hydrogen-bond donors (Lipinski definition) is 0. The summed E-state index contributed by atoms with van der Waals surface area (Å²) in [6.45, 7) is 4.68. The molecule has 0 heterocycles. The molecule has 0 spiro atoms. The Bertz CT molecular complexity index is 1110. The SMILES string of the molecule is C.C.C.C.C.C.COC(=O)CCCCC(CC(C)=O)OC.COC(=O)CCCCCCC(CC(C)=O)OC.COC(CCc1ccc([N+](=O)[O-])cc1)CC(C)=O. The van der Waals surface area contributed by atoms with Gasteiger partial charge in [-0.15, -0.1) is 0 Å². The van der Waals surface area contributed by atoms with E-state index >= 15 is 0 Å². The number of non-ortho nitro benzene ring substituents is 1. The maximum atomic E-state index is 11.0. The van der Waals surface area contributed by atoms with Crippen molar-refractivity contribution in [3.8, 4) is 0 Å². The highest BCUT2D eigenvalue weighted by Gasteiger charge is 2.12. The molecule has 0 aliphatic carbocycles. The molecular formula is C43H85NO12. The zero-order chi connectivity index (χ0) is 38.3. The monoisotopic (exact) mass is 808 g/mol. The first-order valence-corrected chi connectivity index (χ1v) is 17.2. The van der Waals surface area contributed by atoms with Crippen LogP contribution in [-0.2, 0) is 54.1 Å². The van der Waals surface area contributed by atoms with Crippen molar-refractivity contribution in [3.63, 3.8) is 0 Å². The molecule has 0 aromatic heterocycles. The highest BCUT2D eigenvalue weighted by Crippen LogP contribution is 2.16. The first-order chi connectivity index (χ1) is 23.7. The van der Waals surface area contributed by atoms with Gasteiger partial charge in [-0.2, -0.15) is 0 Å². The molecule has 0 aliphatic heterocycles. The minimum absolute atomic E-state index is 0. The molecule has 0 aliphatic rings. The van der Waals surface area contributed by atoms with E-state index in [1.807, 2.05) is 0 Å². The van der Waals surface area contributed by atoms with Crippen LogP contribution in [0.1, 0.15) is 161 Å². The van der Waals surface area contributed by atoms with Gasteiger partial charge in [0.2, 0.25) is 0 Å². The Kier molecular flexibility index (Phi) is 57.5. The first kappa shape index (κ1) is 70.3. The summed E-state index contributed by atoms with van der Waals surface area (Å²) >= 11 is 0. The second kappa shape index (κ2) is 45.8. The Morgan fingerprint density at radius 3 is 1.18 bits per heavy atom. The van der Waals surface area contributed by atoms with E-state index in [0.717, 1.165) is 69.8 Å². The van der Waals surface area contributed by atoms with Crippen molar-refractivity contribution in [1.29, 1.82) is 0 Å². The summed E-state index contributed by atoms with van der Waals surface area (Å²) in [4.78, 5) is 64.5. The van der Waals surface area contributed by atoms with Gasteiger partial charge in [0.15, 0.2) is 0 Å². The van der Waals surface area contributed by atoms with Crippen LogP contribution in [0.5, 0.6) is 0 Å². The molecule has 0 N–H and O–H groups in total. The molecule has 3 unspecified atom stereocenters. The van der Waals surface area contributed by atoms with Gasteiger partial charge in [-0.1, -0.05) is 82.4 Å². The zero-order valence-electron chi connectivity index (χ0n) is 31.5.